The number of carboxylic acid groups (broad SMARTS) is 1. The maximum Gasteiger partial charge on any atom is 0.483 e. The average molecular weight is 750 g/mol. The van der Waals surface area contributed by atoms with Crippen LogP contribution in [0, 0.1) is 0 Å². The largest absolute Gasteiger partial charge is 0.483 e. The Morgan fingerprint density at radius 1 is 1.04 bits per heavy atom. The van der Waals surface area contributed by atoms with Crippen LogP contribution in [0.4, 0.5) is 0 Å². The highest BCUT2D eigenvalue weighted by atomic mass is 31.3. The van der Waals surface area contributed by atoms with Crippen molar-refractivity contribution in [2.45, 2.75) is 88.1 Å². The Hall–Kier alpha value is -2.93. The molecule has 2 amide bonds. The zero-order valence-electron chi connectivity index (χ0n) is 25.7. The van der Waals surface area contributed by atoms with Crippen molar-refractivity contribution in [2.24, 2.45) is 0 Å². The third-order valence-corrected chi connectivity index (χ3v) is 9.59. The van der Waals surface area contributed by atoms with Gasteiger partial charge in [-0.1, -0.05) is 0 Å². The highest BCUT2D eigenvalue weighted by molar-refractivity contribution is 7.61. The smallest absolute Gasteiger partial charge is 0.480 e. The number of phosphoric acid groups is 2. The fourth-order valence-electron chi connectivity index (χ4n) is 4.59. The number of aromatic nitrogens is 2. The Morgan fingerprint density at radius 3 is 2.27 bits per heavy atom. The molecule has 24 nitrogen and oxygen atoms in total. The van der Waals surface area contributed by atoms with Gasteiger partial charge in [0.25, 0.3) is 5.56 Å². The van der Waals surface area contributed by atoms with Crippen molar-refractivity contribution < 1.29 is 86.4 Å². The molecule has 49 heavy (non-hydrogen) atoms. The number of hydrogen-bond acceptors (Lipinski definition) is 17. The number of amides is 2. The standard InChI is InChI=1S/C23H36N4O20P2/c1-8(21(35)36)24-19(34)9(2)43-18-14(25-10(3)29)22(45-11(6-28)16(18)32)46-49(40,41)47-48(38,39)42-7-12-15(31)17(33)20(44-12)27-5-4-13(30)26-23(27)37/h4-5,8-9,11-12,14-18,20,22,28,31-33H,6-7H2,1-3H3,(H,24,34)(H,25,29)(H,35,36)(H,38,39)(H,40,41)(H,26,30,37)/t8-,9-,11-,12-,14-,15-,16-,17-,18-,20-,22?/m1/s1. The van der Waals surface area contributed by atoms with Gasteiger partial charge in [0.2, 0.25) is 11.8 Å². The Kier molecular flexibility index (Phi) is 13.6. The first-order valence-electron chi connectivity index (χ1n) is 14.1. The topological polar surface area (TPSA) is 361 Å². The summed E-state index contributed by atoms with van der Waals surface area (Å²) in [5.74, 6) is -3.26. The van der Waals surface area contributed by atoms with Gasteiger partial charge >= 0.3 is 27.3 Å². The minimum absolute atomic E-state index is 0.701. The second kappa shape index (κ2) is 16.4. The van der Waals surface area contributed by atoms with E-state index in [-0.39, 0.29) is 0 Å². The van der Waals surface area contributed by atoms with E-state index in [1.807, 2.05) is 4.98 Å². The molecule has 0 aromatic carbocycles. The molecule has 1 aromatic rings. The van der Waals surface area contributed by atoms with Crippen LogP contribution >= 0.6 is 15.6 Å². The molecule has 2 aliphatic heterocycles. The lowest BCUT2D eigenvalue weighted by molar-refractivity contribution is -0.261. The van der Waals surface area contributed by atoms with E-state index in [2.05, 4.69) is 19.5 Å². The fraction of sp³-hybridized carbons (Fsp3) is 0.696. The second-order valence-electron chi connectivity index (χ2n) is 10.7. The summed E-state index contributed by atoms with van der Waals surface area (Å²) in [6, 6.07) is -2.25. The molecule has 0 saturated carbocycles. The molecule has 13 atom stereocenters. The molecule has 3 rings (SSSR count). The number of aromatic amines is 1. The molecule has 0 aliphatic carbocycles. The second-order valence-corrected chi connectivity index (χ2v) is 13.7. The maximum absolute atomic E-state index is 12.9. The van der Waals surface area contributed by atoms with Crippen LogP contribution in [0.25, 0.3) is 0 Å². The molecule has 3 unspecified atom stereocenters. The number of aliphatic hydroxyl groups is 4. The molecule has 26 heteroatoms. The quantitative estimate of drug-likeness (QED) is 0.0753. The number of carbonyl (C=O) groups excluding carboxylic acids is 2. The van der Waals surface area contributed by atoms with Crippen LogP contribution in [-0.4, -0.2) is 137 Å². The molecule has 10 N–H and O–H groups in total. The number of rotatable bonds is 15. The number of carbonyl (C=O) groups is 3. The van der Waals surface area contributed by atoms with Crippen molar-refractivity contribution >= 4 is 33.4 Å². The molecule has 0 radical (unpaired) electrons. The van der Waals surface area contributed by atoms with Crippen molar-refractivity contribution in [3.8, 4) is 0 Å². The predicted molar refractivity (Wildman–Crippen MR) is 154 cm³/mol. The van der Waals surface area contributed by atoms with Gasteiger partial charge in [-0.2, -0.15) is 4.31 Å². The molecule has 2 aliphatic rings. The summed E-state index contributed by atoms with van der Waals surface area (Å²) in [6.07, 6.45) is -15.0. The number of nitrogens with zero attached hydrogens (tertiary/aromatic N) is 1. The van der Waals surface area contributed by atoms with Gasteiger partial charge in [0, 0.05) is 19.2 Å². The van der Waals surface area contributed by atoms with E-state index in [0.29, 0.717) is 4.57 Å². The van der Waals surface area contributed by atoms with Crippen molar-refractivity contribution in [1.29, 1.82) is 0 Å². The van der Waals surface area contributed by atoms with E-state index in [1.165, 1.54) is 0 Å². The Bertz CT molecular complexity index is 1570. The zero-order valence-corrected chi connectivity index (χ0v) is 27.5. The van der Waals surface area contributed by atoms with Crippen LogP contribution in [0.3, 0.4) is 0 Å². The first-order chi connectivity index (χ1) is 22.7. The Labute approximate surface area is 274 Å². The number of nitrogens with one attached hydrogen (secondary N) is 3. The normalized spacial score (nSPS) is 32.3. The first-order valence-corrected chi connectivity index (χ1v) is 17.1. The van der Waals surface area contributed by atoms with Crippen LogP contribution in [0.5, 0.6) is 0 Å². The molecule has 2 fully saturated rings. The lowest BCUT2D eigenvalue weighted by Gasteiger charge is -2.44. The van der Waals surface area contributed by atoms with E-state index < -0.39 is 125 Å². The van der Waals surface area contributed by atoms with Gasteiger partial charge in [0.1, 0.15) is 54.8 Å². The molecule has 1 aromatic heterocycles. The predicted octanol–water partition coefficient (Wildman–Crippen LogP) is -4.65. The molecule has 3 heterocycles. The van der Waals surface area contributed by atoms with Gasteiger partial charge in [0.05, 0.1) is 13.2 Å². The van der Waals surface area contributed by atoms with Crippen LogP contribution in [0.2, 0.25) is 0 Å². The van der Waals surface area contributed by atoms with E-state index in [0.717, 1.165) is 33.0 Å². The van der Waals surface area contributed by atoms with E-state index in [9.17, 15) is 63.3 Å². The fourth-order valence-corrected chi connectivity index (χ4v) is 6.76. The van der Waals surface area contributed by atoms with Crippen molar-refractivity contribution in [1.82, 2.24) is 20.2 Å². The number of ether oxygens (including phenoxy) is 3. The minimum Gasteiger partial charge on any atom is -0.480 e. The van der Waals surface area contributed by atoms with Gasteiger partial charge in [-0.15, -0.1) is 0 Å². The highest BCUT2D eigenvalue weighted by Gasteiger charge is 2.52. The summed E-state index contributed by atoms with van der Waals surface area (Å²) < 4.78 is 56.0. The van der Waals surface area contributed by atoms with Crippen LogP contribution in [-0.2, 0) is 51.1 Å². The van der Waals surface area contributed by atoms with Crippen LogP contribution in [0.1, 0.15) is 27.0 Å². The number of aliphatic hydroxyl groups excluding tert-OH is 4. The summed E-state index contributed by atoms with van der Waals surface area (Å²) in [4.78, 5) is 81.3. The summed E-state index contributed by atoms with van der Waals surface area (Å²) in [5.41, 5.74) is -1.81. The SMILES string of the molecule is CC(=O)N[C@H]1C(OP(=O)(O)OP(=O)(O)OC[C@H]2O[C@@H](n3ccc(=O)[nH]c3=O)[C@H](O)[C@@H]2O)O[C@H](CO)[C@@H](O)[C@@H]1O[C@H](C)C(=O)N[C@H](C)C(=O)O. The molecular weight excluding hydrogens is 714 g/mol. The summed E-state index contributed by atoms with van der Waals surface area (Å²) in [6.45, 7) is 1.15. The first kappa shape index (κ1) is 40.5. The lowest BCUT2D eigenvalue weighted by atomic mass is 9.96. The van der Waals surface area contributed by atoms with E-state index in [1.54, 1.807) is 0 Å². The lowest BCUT2D eigenvalue weighted by Crippen LogP contribution is -2.66. The van der Waals surface area contributed by atoms with Crippen molar-refractivity contribution in [2.75, 3.05) is 13.2 Å². The van der Waals surface area contributed by atoms with Crippen molar-refractivity contribution in [3.05, 3.63) is 33.1 Å². The molecule has 0 bridgehead atoms. The molecule has 2 saturated heterocycles. The number of hydrogen-bond donors (Lipinski definition) is 10. The highest BCUT2D eigenvalue weighted by Crippen LogP contribution is 2.61. The average Bonchev–Trinajstić information content (AvgIpc) is 3.26. The van der Waals surface area contributed by atoms with Gasteiger partial charge in [-0.05, 0) is 13.8 Å². The molecular formula is C23H36N4O20P2. The van der Waals surface area contributed by atoms with Gasteiger partial charge in [-0.25, -0.2) is 13.9 Å². The van der Waals surface area contributed by atoms with Gasteiger partial charge in [0.15, 0.2) is 12.5 Å². The number of H-pyrrole nitrogens is 1. The molecule has 0 spiro atoms. The van der Waals surface area contributed by atoms with Gasteiger partial charge < -0.3 is 60.2 Å². The summed E-state index contributed by atoms with van der Waals surface area (Å²) in [5, 5.41) is 54.4. The third kappa shape index (κ3) is 10.5. The number of carboxylic acids is 1. The molecule has 278 valence electrons. The monoisotopic (exact) mass is 750 g/mol. The zero-order chi connectivity index (χ0) is 37.0. The van der Waals surface area contributed by atoms with Crippen LogP contribution < -0.4 is 21.9 Å². The van der Waals surface area contributed by atoms with E-state index >= 15 is 0 Å². The van der Waals surface area contributed by atoms with Gasteiger partial charge in [-0.3, -0.25) is 37.8 Å². The number of aliphatic carboxylic acids is 1. The van der Waals surface area contributed by atoms with Crippen LogP contribution in [0.15, 0.2) is 21.9 Å². The Morgan fingerprint density at radius 2 is 1.69 bits per heavy atom. The van der Waals surface area contributed by atoms with Crippen molar-refractivity contribution in [3.63, 3.8) is 0 Å². The number of phosphoric ester groups is 2. The summed E-state index contributed by atoms with van der Waals surface area (Å²) >= 11 is 0. The minimum atomic E-state index is -5.80. The van der Waals surface area contributed by atoms with E-state index in [4.69, 9.17) is 23.8 Å². The third-order valence-electron chi connectivity index (χ3n) is 6.99. The maximum atomic E-state index is 12.9. The summed E-state index contributed by atoms with van der Waals surface area (Å²) in [7, 11) is -11.4. The Balaban J connectivity index is 1.73.